The Labute approximate surface area is 159 Å². The molecule has 26 heavy (non-hydrogen) atoms. The Balaban J connectivity index is 1.79. The van der Waals surface area contributed by atoms with Gasteiger partial charge in [0, 0.05) is 28.4 Å². The lowest BCUT2D eigenvalue weighted by Gasteiger charge is -2.17. The van der Waals surface area contributed by atoms with Crippen molar-refractivity contribution in [1.29, 1.82) is 0 Å². The first-order chi connectivity index (χ1) is 12.3. The first-order valence-electron chi connectivity index (χ1n) is 8.77. The summed E-state index contributed by atoms with van der Waals surface area (Å²) < 4.78 is 26.9. The Bertz CT molecular complexity index is 913. The number of carbonyl (C=O) groups excluding carboxylic acids is 1. The molecule has 140 valence electrons. The summed E-state index contributed by atoms with van der Waals surface area (Å²) >= 11 is 1.70. The summed E-state index contributed by atoms with van der Waals surface area (Å²) in [6.07, 6.45) is 1.77. The Hall–Kier alpha value is -1.70. The van der Waals surface area contributed by atoms with Gasteiger partial charge in [0.25, 0.3) is 5.91 Å². The number of carbonyl (C=O) groups is 1. The number of benzene rings is 1. The molecular formula is C19H24N2O3S2. The van der Waals surface area contributed by atoms with E-state index in [1.54, 1.807) is 29.5 Å². The zero-order chi connectivity index (χ0) is 18.9. The summed E-state index contributed by atoms with van der Waals surface area (Å²) in [4.78, 5) is 15.2. The smallest absolute Gasteiger partial charge is 0.251 e. The highest BCUT2D eigenvalue weighted by Gasteiger charge is 2.27. The summed E-state index contributed by atoms with van der Waals surface area (Å²) in [7, 11) is -3.52. The SMILES string of the molecule is Cc1cc(C(C)NC(=O)c2cccc(S(=O)(=O)N3CCCC3)c2)c(C)s1. The van der Waals surface area contributed by atoms with Gasteiger partial charge >= 0.3 is 0 Å². The van der Waals surface area contributed by atoms with Crippen molar-refractivity contribution in [3.8, 4) is 0 Å². The Morgan fingerprint density at radius 1 is 1.19 bits per heavy atom. The van der Waals surface area contributed by atoms with Gasteiger partial charge in [0.1, 0.15) is 0 Å². The quantitative estimate of drug-likeness (QED) is 0.845. The van der Waals surface area contributed by atoms with Gasteiger partial charge in [-0.25, -0.2) is 8.42 Å². The van der Waals surface area contributed by atoms with Crippen LogP contribution in [0.2, 0.25) is 0 Å². The van der Waals surface area contributed by atoms with Crippen molar-refractivity contribution in [2.45, 2.75) is 44.6 Å². The molecule has 1 amide bonds. The first-order valence-corrected chi connectivity index (χ1v) is 11.0. The fourth-order valence-electron chi connectivity index (χ4n) is 3.31. The first kappa shape index (κ1) is 19.1. The minimum absolute atomic E-state index is 0.133. The number of amides is 1. The molecule has 1 aliphatic rings. The Morgan fingerprint density at radius 2 is 1.88 bits per heavy atom. The van der Waals surface area contributed by atoms with Crippen LogP contribution in [0.15, 0.2) is 35.2 Å². The van der Waals surface area contributed by atoms with E-state index in [0.717, 1.165) is 18.4 Å². The van der Waals surface area contributed by atoms with Crippen LogP contribution >= 0.6 is 11.3 Å². The van der Waals surface area contributed by atoms with Crippen LogP contribution < -0.4 is 5.32 Å². The molecule has 1 aliphatic heterocycles. The Kier molecular flexibility index (Phi) is 5.50. The molecule has 0 radical (unpaired) electrons. The third kappa shape index (κ3) is 3.84. The second kappa shape index (κ2) is 7.50. The molecule has 2 heterocycles. The summed E-state index contributed by atoms with van der Waals surface area (Å²) in [5.41, 5.74) is 1.46. The van der Waals surface area contributed by atoms with Gasteiger partial charge in [-0.15, -0.1) is 11.3 Å². The fraction of sp³-hybridized carbons (Fsp3) is 0.421. The highest BCUT2D eigenvalue weighted by Crippen LogP contribution is 2.27. The highest BCUT2D eigenvalue weighted by molar-refractivity contribution is 7.89. The second-order valence-corrected chi connectivity index (χ2v) is 10.1. The minimum atomic E-state index is -3.52. The van der Waals surface area contributed by atoms with Crippen LogP contribution in [0.25, 0.3) is 0 Å². The number of nitrogens with one attached hydrogen (secondary N) is 1. The Morgan fingerprint density at radius 3 is 2.50 bits per heavy atom. The third-order valence-electron chi connectivity index (χ3n) is 4.69. The molecule has 1 N–H and O–H groups in total. The van der Waals surface area contributed by atoms with Crippen LogP contribution in [0.4, 0.5) is 0 Å². The van der Waals surface area contributed by atoms with E-state index in [-0.39, 0.29) is 16.8 Å². The second-order valence-electron chi connectivity index (χ2n) is 6.70. The van der Waals surface area contributed by atoms with E-state index < -0.39 is 10.0 Å². The largest absolute Gasteiger partial charge is 0.345 e. The molecule has 1 aromatic heterocycles. The molecule has 3 rings (SSSR count). The van der Waals surface area contributed by atoms with Gasteiger partial charge in [-0.1, -0.05) is 6.07 Å². The molecule has 0 spiro atoms. The molecule has 0 aliphatic carbocycles. The van der Waals surface area contributed by atoms with Crippen LogP contribution in [0.5, 0.6) is 0 Å². The zero-order valence-corrected chi connectivity index (χ0v) is 16.9. The maximum Gasteiger partial charge on any atom is 0.251 e. The van der Waals surface area contributed by atoms with Crippen molar-refractivity contribution in [1.82, 2.24) is 9.62 Å². The standard InChI is InChI=1S/C19H24N2O3S2/c1-13-11-18(15(3)25-13)14(2)20-19(22)16-7-6-8-17(12-16)26(23,24)21-9-4-5-10-21/h6-8,11-12,14H,4-5,9-10H2,1-3H3,(H,20,22). The molecule has 7 heteroatoms. The van der Waals surface area contributed by atoms with E-state index in [1.165, 1.54) is 20.1 Å². The van der Waals surface area contributed by atoms with Gasteiger partial charge in [0.15, 0.2) is 0 Å². The molecule has 5 nitrogen and oxygen atoms in total. The number of aryl methyl sites for hydroxylation is 2. The number of hydrogen-bond acceptors (Lipinski definition) is 4. The molecular weight excluding hydrogens is 368 g/mol. The molecule has 0 bridgehead atoms. The van der Waals surface area contributed by atoms with Crippen molar-refractivity contribution in [2.24, 2.45) is 0 Å². The monoisotopic (exact) mass is 392 g/mol. The number of thiophene rings is 1. The van der Waals surface area contributed by atoms with Crippen LogP contribution in [0.1, 0.15) is 51.5 Å². The van der Waals surface area contributed by atoms with E-state index >= 15 is 0 Å². The number of nitrogens with zero attached hydrogens (tertiary/aromatic N) is 1. The van der Waals surface area contributed by atoms with E-state index in [2.05, 4.69) is 11.4 Å². The molecule has 1 aromatic carbocycles. The van der Waals surface area contributed by atoms with E-state index in [9.17, 15) is 13.2 Å². The maximum atomic E-state index is 12.7. The van der Waals surface area contributed by atoms with Gasteiger partial charge in [-0.2, -0.15) is 4.31 Å². The summed E-state index contributed by atoms with van der Waals surface area (Å²) in [6.45, 7) is 7.12. The molecule has 2 aromatic rings. The fourth-order valence-corrected chi connectivity index (χ4v) is 5.90. The van der Waals surface area contributed by atoms with Crippen molar-refractivity contribution in [3.63, 3.8) is 0 Å². The number of hydrogen-bond donors (Lipinski definition) is 1. The zero-order valence-electron chi connectivity index (χ0n) is 15.3. The minimum Gasteiger partial charge on any atom is -0.345 e. The maximum absolute atomic E-state index is 12.7. The van der Waals surface area contributed by atoms with Gasteiger partial charge in [0.05, 0.1) is 10.9 Å². The van der Waals surface area contributed by atoms with Crippen molar-refractivity contribution in [3.05, 3.63) is 51.2 Å². The van der Waals surface area contributed by atoms with Gasteiger partial charge in [-0.3, -0.25) is 4.79 Å². The molecule has 1 unspecified atom stereocenters. The average Bonchev–Trinajstić information content (AvgIpc) is 3.25. The lowest BCUT2D eigenvalue weighted by Crippen LogP contribution is -2.29. The van der Waals surface area contributed by atoms with Crippen LogP contribution in [0.3, 0.4) is 0 Å². The third-order valence-corrected chi connectivity index (χ3v) is 7.57. The summed E-state index contributed by atoms with van der Waals surface area (Å²) in [5, 5.41) is 2.97. The predicted octanol–water partition coefficient (Wildman–Crippen LogP) is 3.64. The van der Waals surface area contributed by atoms with Crippen LogP contribution in [-0.2, 0) is 10.0 Å². The van der Waals surface area contributed by atoms with Gasteiger partial charge in [0.2, 0.25) is 10.0 Å². The predicted molar refractivity (Wildman–Crippen MR) is 104 cm³/mol. The van der Waals surface area contributed by atoms with E-state index in [4.69, 9.17) is 0 Å². The normalized spacial score (nSPS) is 16.6. The van der Waals surface area contributed by atoms with Crippen LogP contribution in [0, 0.1) is 13.8 Å². The van der Waals surface area contributed by atoms with Gasteiger partial charge < -0.3 is 5.32 Å². The molecule has 1 saturated heterocycles. The van der Waals surface area contributed by atoms with Crippen molar-refractivity contribution < 1.29 is 13.2 Å². The van der Waals surface area contributed by atoms with Crippen molar-refractivity contribution >= 4 is 27.3 Å². The van der Waals surface area contributed by atoms with Gasteiger partial charge in [-0.05, 0) is 63.4 Å². The van der Waals surface area contributed by atoms with Crippen molar-refractivity contribution in [2.75, 3.05) is 13.1 Å². The number of rotatable bonds is 5. The molecule has 1 fully saturated rings. The van der Waals surface area contributed by atoms with E-state index in [1.807, 2.05) is 20.8 Å². The lowest BCUT2D eigenvalue weighted by atomic mass is 10.1. The topological polar surface area (TPSA) is 66.5 Å². The molecule has 0 saturated carbocycles. The average molecular weight is 393 g/mol. The lowest BCUT2D eigenvalue weighted by molar-refractivity contribution is 0.0939. The molecule has 1 atom stereocenters. The summed E-state index contributed by atoms with van der Waals surface area (Å²) in [6, 6.07) is 8.26. The highest BCUT2D eigenvalue weighted by atomic mass is 32.2. The summed E-state index contributed by atoms with van der Waals surface area (Å²) in [5.74, 6) is -0.265. The van der Waals surface area contributed by atoms with E-state index in [0.29, 0.717) is 18.7 Å². The van der Waals surface area contributed by atoms with Crippen LogP contribution in [-0.4, -0.2) is 31.7 Å². The number of sulfonamides is 1.